The van der Waals surface area contributed by atoms with Crippen molar-refractivity contribution in [3.05, 3.63) is 100.0 Å². The molecule has 0 radical (unpaired) electrons. The van der Waals surface area contributed by atoms with Crippen molar-refractivity contribution in [3.63, 3.8) is 0 Å². The van der Waals surface area contributed by atoms with E-state index < -0.39 is 27.7 Å². The third kappa shape index (κ3) is 5.50. The molecule has 4 rings (SSSR count). The molecule has 7 nitrogen and oxygen atoms in total. The minimum absolute atomic E-state index is 0.0342. The summed E-state index contributed by atoms with van der Waals surface area (Å²) in [6, 6.07) is 17.2. The predicted octanol–water partition coefficient (Wildman–Crippen LogP) is 5.24. The summed E-state index contributed by atoms with van der Waals surface area (Å²) < 4.78 is 71.2. The van der Waals surface area contributed by atoms with Crippen LogP contribution in [0, 0.1) is 0 Å². The average molecular weight is 537 g/mol. The number of sulfonamides is 1. The van der Waals surface area contributed by atoms with Crippen LogP contribution in [0.25, 0.3) is 6.08 Å². The van der Waals surface area contributed by atoms with Crippen molar-refractivity contribution < 1.29 is 36.2 Å². The van der Waals surface area contributed by atoms with E-state index in [0.29, 0.717) is 15.1 Å². The zero-order chi connectivity index (χ0) is 26.1. The maximum Gasteiger partial charge on any atom is 0.416 e. The number of carboxylic acid groups (broad SMARTS) is 1. The number of carbonyl (C=O) groups is 1. The van der Waals surface area contributed by atoms with E-state index in [2.05, 4.69) is 12.8 Å². The number of thiol groups is 1. The Balaban J connectivity index is 1.48. The van der Waals surface area contributed by atoms with Crippen molar-refractivity contribution in [2.75, 3.05) is 11.6 Å². The molecule has 3 aromatic carbocycles. The number of carboxylic acids is 1. The van der Waals surface area contributed by atoms with Crippen molar-refractivity contribution in [2.45, 2.75) is 12.8 Å². The minimum atomic E-state index is -4.57. The van der Waals surface area contributed by atoms with E-state index in [1.165, 1.54) is 30.3 Å². The number of hydrogen-bond donors (Lipinski definition) is 2. The number of halogens is 3. The quantitative estimate of drug-likeness (QED) is 0.420. The first kappa shape index (κ1) is 25.6. The fourth-order valence-electron chi connectivity index (χ4n) is 3.43. The standard InChI is InChI=1S/C24H19F3N2O5S2/c25-24(26,27)19-2-1-3-20(13-19)28-14-22(36(32,33)29(28)35)12-16-6-10-21(11-7-16)34-15-17-4-8-18(9-5-17)23(30)31/h1-13,35H,14-15H2,(H,30,31)/b22-12-. The monoisotopic (exact) mass is 536 g/mol. The lowest BCUT2D eigenvalue weighted by atomic mass is 10.1. The van der Waals surface area contributed by atoms with Gasteiger partial charge in [-0.05, 0) is 59.7 Å². The smallest absolute Gasteiger partial charge is 0.416 e. The maximum atomic E-state index is 13.1. The van der Waals surface area contributed by atoms with Gasteiger partial charge in [-0.3, -0.25) is 5.01 Å². The summed E-state index contributed by atoms with van der Waals surface area (Å²) in [7, 11) is -4.05. The van der Waals surface area contributed by atoms with Gasteiger partial charge >= 0.3 is 12.1 Å². The van der Waals surface area contributed by atoms with Gasteiger partial charge in [0.25, 0.3) is 10.0 Å². The lowest BCUT2D eigenvalue weighted by molar-refractivity contribution is -0.137. The second-order valence-corrected chi connectivity index (χ2v) is 10.3. The van der Waals surface area contributed by atoms with Crippen LogP contribution in [0.3, 0.4) is 0 Å². The average Bonchev–Trinajstić information content (AvgIpc) is 3.07. The van der Waals surface area contributed by atoms with Gasteiger partial charge in [-0.15, -0.1) is 0 Å². The highest BCUT2D eigenvalue weighted by atomic mass is 32.3. The predicted molar refractivity (Wildman–Crippen MR) is 131 cm³/mol. The second-order valence-electron chi connectivity index (χ2n) is 7.80. The molecular weight excluding hydrogens is 517 g/mol. The Labute approximate surface area is 210 Å². The van der Waals surface area contributed by atoms with Crippen molar-refractivity contribution in [1.29, 1.82) is 0 Å². The molecule has 1 aliphatic heterocycles. The summed E-state index contributed by atoms with van der Waals surface area (Å²) in [4.78, 5) is 10.9. The van der Waals surface area contributed by atoms with E-state index in [1.807, 2.05) is 0 Å². The molecule has 0 saturated carbocycles. The second kappa shape index (κ2) is 9.88. The third-order valence-electron chi connectivity index (χ3n) is 5.34. The number of anilines is 1. The van der Waals surface area contributed by atoms with Gasteiger partial charge in [-0.1, -0.05) is 47.0 Å². The number of benzene rings is 3. The van der Waals surface area contributed by atoms with E-state index >= 15 is 0 Å². The molecular formula is C24H19F3N2O5S2. The highest BCUT2D eigenvalue weighted by Gasteiger charge is 2.40. The fraction of sp³-hybridized carbons (Fsp3) is 0.125. The Morgan fingerprint density at radius 2 is 1.72 bits per heavy atom. The molecule has 0 aliphatic carbocycles. The molecule has 1 N–H and O–H groups in total. The molecule has 188 valence electrons. The van der Waals surface area contributed by atoms with Crippen LogP contribution < -0.4 is 9.75 Å². The van der Waals surface area contributed by atoms with Crippen molar-refractivity contribution >= 4 is 40.6 Å². The highest BCUT2D eigenvalue weighted by molar-refractivity contribution is 8.02. The Bertz CT molecular complexity index is 1410. The van der Waals surface area contributed by atoms with E-state index in [-0.39, 0.29) is 29.3 Å². The summed E-state index contributed by atoms with van der Waals surface area (Å²) >= 11 is 4.00. The first-order valence-corrected chi connectivity index (χ1v) is 12.2. The highest BCUT2D eigenvalue weighted by Crippen LogP contribution is 2.37. The van der Waals surface area contributed by atoms with Gasteiger partial charge < -0.3 is 9.84 Å². The molecule has 1 fully saturated rings. The molecule has 0 unspecified atom stereocenters. The van der Waals surface area contributed by atoms with Gasteiger partial charge in [0.05, 0.1) is 28.3 Å². The number of aromatic carboxylic acids is 1. The van der Waals surface area contributed by atoms with Gasteiger partial charge in [0.15, 0.2) is 0 Å². The molecule has 36 heavy (non-hydrogen) atoms. The molecule has 1 saturated heterocycles. The molecule has 3 aromatic rings. The van der Waals surface area contributed by atoms with Crippen LogP contribution >= 0.6 is 12.8 Å². The minimum Gasteiger partial charge on any atom is -0.489 e. The Hall–Kier alpha value is -3.48. The van der Waals surface area contributed by atoms with Gasteiger partial charge in [0.2, 0.25) is 0 Å². The molecule has 1 heterocycles. The van der Waals surface area contributed by atoms with Crippen LogP contribution in [0.1, 0.15) is 27.0 Å². The van der Waals surface area contributed by atoms with Crippen LogP contribution in [0.5, 0.6) is 5.75 Å². The van der Waals surface area contributed by atoms with Crippen molar-refractivity contribution in [1.82, 2.24) is 3.82 Å². The topological polar surface area (TPSA) is 87.2 Å². The van der Waals surface area contributed by atoms with Crippen LogP contribution in [0.15, 0.2) is 77.7 Å². The maximum absolute atomic E-state index is 13.1. The Morgan fingerprint density at radius 1 is 1.06 bits per heavy atom. The van der Waals surface area contributed by atoms with Gasteiger partial charge in [-0.25, -0.2) is 13.2 Å². The molecule has 0 atom stereocenters. The summed E-state index contributed by atoms with van der Waals surface area (Å²) in [6.45, 7) is 0.00695. The van der Waals surface area contributed by atoms with Crippen molar-refractivity contribution in [3.8, 4) is 5.75 Å². The molecule has 12 heteroatoms. The lowest BCUT2D eigenvalue weighted by Gasteiger charge is -2.23. The first-order valence-electron chi connectivity index (χ1n) is 10.4. The van der Waals surface area contributed by atoms with Crippen LogP contribution in [-0.2, 0) is 22.8 Å². The van der Waals surface area contributed by atoms with Gasteiger partial charge in [-0.2, -0.15) is 13.2 Å². The molecule has 0 amide bonds. The van der Waals surface area contributed by atoms with Gasteiger partial charge in [0.1, 0.15) is 12.4 Å². The molecule has 1 aliphatic rings. The largest absolute Gasteiger partial charge is 0.489 e. The summed E-state index contributed by atoms with van der Waals surface area (Å²) in [5.74, 6) is -0.509. The van der Waals surface area contributed by atoms with Crippen LogP contribution in [-0.4, -0.2) is 29.9 Å². The Kier molecular flexibility index (Phi) is 7.03. The van der Waals surface area contributed by atoms with Crippen LogP contribution in [0.4, 0.5) is 18.9 Å². The summed E-state index contributed by atoms with van der Waals surface area (Å²) in [5.41, 5.74) is 0.618. The number of hydrogen-bond acceptors (Lipinski definition) is 6. The van der Waals surface area contributed by atoms with E-state index in [4.69, 9.17) is 9.84 Å². The van der Waals surface area contributed by atoms with E-state index in [1.54, 1.807) is 36.4 Å². The van der Waals surface area contributed by atoms with Crippen molar-refractivity contribution in [2.24, 2.45) is 0 Å². The summed E-state index contributed by atoms with van der Waals surface area (Å²) in [5, 5.41) is 10.1. The van der Waals surface area contributed by atoms with Crippen LogP contribution in [0.2, 0.25) is 0 Å². The number of hydrazine groups is 1. The zero-order valence-corrected chi connectivity index (χ0v) is 20.1. The number of alkyl halides is 3. The number of rotatable bonds is 6. The number of nitrogens with zero attached hydrogens (tertiary/aromatic N) is 2. The first-order chi connectivity index (χ1) is 16.9. The van der Waals surface area contributed by atoms with Gasteiger partial charge in [0, 0.05) is 0 Å². The number of ether oxygens (including phenoxy) is 1. The lowest BCUT2D eigenvalue weighted by Crippen LogP contribution is -2.31. The zero-order valence-electron chi connectivity index (χ0n) is 18.4. The SMILES string of the molecule is O=C(O)c1ccc(COc2ccc(/C=C3/CN(c4cccc(C(F)(F)F)c4)N(S)S3(=O)=O)cc2)cc1. The fourth-order valence-corrected chi connectivity index (χ4v) is 5.11. The summed E-state index contributed by atoms with van der Waals surface area (Å²) in [6.07, 6.45) is -3.15. The normalized spacial score (nSPS) is 16.9. The molecule has 0 spiro atoms. The van der Waals surface area contributed by atoms with E-state index in [9.17, 15) is 26.4 Å². The molecule has 0 bridgehead atoms. The van der Waals surface area contributed by atoms with E-state index in [0.717, 1.165) is 22.7 Å². The Morgan fingerprint density at radius 3 is 2.33 bits per heavy atom. The third-order valence-corrected chi connectivity index (χ3v) is 7.74. The molecule has 0 aromatic heterocycles.